The first kappa shape index (κ1) is 35.4. The topological polar surface area (TPSA) is 165 Å². The zero-order chi connectivity index (χ0) is 32.1. The number of imide groups is 1. The molecule has 12 nitrogen and oxygen atoms in total. The number of anilines is 1. The Morgan fingerprint density at radius 2 is 1.83 bits per heavy atom. The Labute approximate surface area is 299 Å². The van der Waals surface area contributed by atoms with Crippen molar-refractivity contribution in [1.29, 1.82) is 0 Å². The molecule has 16 heteroatoms. The van der Waals surface area contributed by atoms with Gasteiger partial charge in [0.1, 0.15) is 16.4 Å². The van der Waals surface area contributed by atoms with Gasteiger partial charge in [0.05, 0.1) is 18.1 Å². The molecule has 3 heterocycles. The summed E-state index contributed by atoms with van der Waals surface area (Å²) < 4.78 is 0.694. The van der Waals surface area contributed by atoms with Crippen molar-refractivity contribution in [3.8, 4) is 0 Å². The monoisotopic (exact) mass is 686 g/mol. The molecule has 2 N–H and O–H groups in total. The van der Waals surface area contributed by atoms with E-state index in [1.807, 2.05) is 37.3 Å². The quantitative estimate of drug-likeness (QED) is 0.121. The first-order valence-corrected chi connectivity index (χ1v) is 16.5. The molecular weight excluding hydrogens is 660 g/mol. The van der Waals surface area contributed by atoms with Gasteiger partial charge < -0.3 is 20.5 Å². The van der Waals surface area contributed by atoms with Gasteiger partial charge in [-0.2, -0.15) is 0 Å². The van der Waals surface area contributed by atoms with Gasteiger partial charge >= 0.3 is 35.6 Å². The fourth-order valence-electron chi connectivity index (χ4n) is 4.60. The number of carboxylic acids is 1. The molecule has 0 aliphatic carbocycles. The standard InChI is InChI=1S/C30H28N6O6S3.Na/c1-17-33-34-30(45-17)44-16-20-15-43-27-24(26(39)36(27)25(20)28(40)41)32-22(37)14-19-10-6-7-11-21(19)31-29(42)35(2)23(38)13-12-18-8-4-3-5-9-18;/h3-13,24,27H,14-16H2,1-2H3,(H,31,42)(H,32,37)(H,40,41);/q;+1/p-1/b13-12+;/t24?,27-;/m1./s1. The Morgan fingerprint density at radius 1 is 1.11 bits per heavy atom. The minimum Gasteiger partial charge on any atom is -0.543 e. The molecule has 2 aromatic carbocycles. The number of aliphatic carboxylic acids is 1. The van der Waals surface area contributed by atoms with E-state index in [0.717, 1.165) is 15.5 Å². The molecule has 5 rings (SSSR count). The van der Waals surface area contributed by atoms with Crippen molar-refractivity contribution in [2.75, 3.05) is 23.9 Å². The van der Waals surface area contributed by atoms with Gasteiger partial charge in [-0.3, -0.25) is 24.2 Å². The van der Waals surface area contributed by atoms with E-state index in [1.165, 1.54) is 52.9 Å². The second-order valence-electron chi connectivity index (χ2n) is 9.98. The number of carbonyl (C=O) groups excluding carboxylic acids is 5. The number of fused-ring (bicyclic) bond motifs is 1. The second kappa shape index (κ2) is 15.9. The third-order valence-corrected chi connectivity index (χ3v) is 10.3. The van der Waals surface area contributed by atoms with Crippen LogP contribution < -0.4 is 45.3 Å². The summed E-state index contributed by atoms with van der Waals surface area (Å²) in [5.41, 5.74) is 1.96. The molecule has 2 aliphatic rings. The van der Waals surface area contributed by atoms with Crippen molar-refractivity contribution < 1.29 is 58.6 Å². The molecule has 1 fully saturated rings. The zero-order valence-electron chi connectivity index (χ0n) is 25.1. The van der Waals surface area contributed by atoms with Crippen LogP contribution in [0.5, 0.6) is 0 Å². The normalized spacial score (nSPS) is 17.1. The number of hydrogen-bond acceptors (Lipinski definition) is 11. The number of β-lactam (4-membered cyclic amide) rings is 1. The molecule has 0 radical (unpaired) electrons. The van der Waals surface area contributed by atoms with Crippen LogP contribution in [0.15, 0.2) is 76.3 Å². The van der Waals surface area contributed by atoms with Gasteiger partial charge in [-0.1, -0.05) is 71.6 Å². The summed E-state index contributed by atoms with van der Waals surface area (Å²) in [6.45, 7) is 1.82. The van der Waals surface area contributed by atoms with Crippen LogP contribution in [0.4, 0.5) is 10.5 Å². The molecule has 1 aromatic heterocycles. The molecule has 0 saturated carbocycles. The van der Waals surface area contributed by atoms with E-state index in [0.29, 0.717) is 32.7 Å². The fourth-order valence-corrected chi connectivity index (χ4v) is 7.91. The first-order valence-electron chi connectivity index (χ1n) is 13.6. The number of aromatic nitrogens is 2. The largest absolute Gasteiger partial charge is 1.00 e. The maximum absolute atomic E-state index is 13.1. The molecular formula is C30H27N6NaO6S3. The van der Waals surface area contributed by atoms with Crippen LogP contribution >= 0.6 is 34.9 Å². The van der Waals surface area contributed by atoms with Gasteiger partial charge in [-0.25, -0.2) is 4.79 Å². The number of nitrogens with one attached hydrogen (secondary N) is 2. The predicted molar refractivity (Wildman–Crippen MR) is 170 cm³/mol. The SMILES string of the molecule is Cc1nnc(SCC2=C(C(=O)[O-])N3C(=O)C(NC(=O)Cc4ccccc4NC(=O)N(C)C(=O)/C=C/c4ccccc4)[C@H]3SC2)s1.[Na+]. The third kappa shape index (κ3) is 8.27. The van der Waals surface area contributed by atoms with E-state index in [2.05, 4.69) is 20.8 Å². The second-order valence-corrected chi connectivity index (χ2v) is 13.5. The van der Waals surface area contributed by atoms with E-state index in [1.54, 1.807) is 30.3 Å². The summed E-state index contributed by atoms with van der Waals surface area (Å²) in [5, 5.41) is 25.6. The van der Waals surface area contributed by atoms with Crippen LogP contribution in [0, 0.1) is 6.92 Å². The molecule has 1 saturated heterocycles. The van der Waals surface area contributed by atoms with Crippen molar-refractivity contribution in [1.82, 2.24) is 25.3 Å². The molecule has 232 valence electrons. The van der Waals surface area contributed by atoms with Gasteiger partial charge in [-0.05, 0) is 35.8 Å². The van der Waals surface area contributed by atoms with Crippen LogP contribution in [-0.4, -0.2) is 79.7 Å². The number of nitrogens with zero attached hydrogens (tertiary/aromatic N) is 4. The number of aryl methyl sites for hydroxylation is 1. The molecule has 3 aromatic rings. The maximum atomic E-state index is 13.1. The van der Waals surface area contributed by atoms with Crippen LogP contribution in [0.25, 0.3) is 6.08 Å². The van der Waals surface area contributed by atoms with Gasteiger partial charge in [0.15, 0.2) is 4.34 Å². The Kier molecular flexibility index (Phi) is 12.2. The summed E-state index contributed by atoms with van der Waals surface area (Å²) in [5.74, 6) is -2.36. The number of carbonyl (C=O) groups is 5. The van der Waals surface area contributed by atoms with Crippen LogP contribution in [-0.2, 0) is 25.6 Å². The number of hydrogen-bond donors (Lipinski definition) is 2. The number of thioether (sulfide) groups is 2. The molecule has 2 aliphatic heterocycles. The number of likely N-dealkylation sites (N-methyl/N-ethyl adjacent to an activating group) is 1. The molecule has 46 heavy (non-hydrogen) atoms. The van der Waals surface area contributed by atoms with Gasteiger partial charge in [0.25, 0.3) is 11.8 Å². The van der Waals surface area contributed by atoms with E-state index in [9.17, 15) is 29.1 Å². The fraction of sp³-hybridized carbons (Fsp3) is 0.233. The van der Waals surface area contributed by atoms with Crippen molar-refractivity contribution in [2.45, 2.75) is 29.1 Å². The molecule has 2 atom stereocenters. The van der Waals surface area contributed by atoms with Crippen LogP contribution in [0.2, 0.25) is 0 Å². The van der Waals surface area contributed by atoms with Crippen LogP contribution in [0.1, 0.15) is 16.1 Å². The maximum Gasteiger partial charge on any atom is 1.00 e. The van der Waals surface area contributed by atoms with Gasteiger partial charge in [0.2, 0.25) is 5.91 Å². The number of para-hydroxylation sites is 1. The summed E-state index contributed by atoms with van der Waals surface area (Å²) in [7, 11) is 1.34. The third-order valence-electron chi connectivity index (χ3n) is 6.90. The summed E-state index contributed by atoms with van der Waals surface area (Å²) in [6, 6.07) is 14.2. The van der Waals surface area contributed by atoms with Crippen molar-refractivity contribution >= 4 is 76.3 Å². The van der Waals surface area contributed by atoms with E-state index in [-0.39, 0.29) is 41.7 Å². The number of rotatable bonds is 10. The smallest absolute Gasteiger partial charge is 0.543 e. The van der Waals surface area contributed by atoms with E-state index in [4.69, 9.17) is 0 Å². The minimum absolute atomic E-state index is 0. The number of carboxylic acid groups (broad SMARTS) is 1. The zero-order valence-corrected chi connectivity index (χ0v) is 29.5. The molecule has 0 bridgehead atoms. The average Bonchev–Trinajstić information content (AvgIpc) is 3.46. The Morgan fingerprint density at radius 3 is 2.52 bits per heavy atom. The van der Waals surface area contributed by atoms with Crippen LogP contribution in [0.3, 0.4) is 0 Å². The number of benzene rings is 2. The number of urea groups is 1. The Hall–Kier alpha value is -3.47. The first-order chi connectivity index (χ1) is 21.6. The van der Waals surface area contributed by atoms with Crippen molar-refractivity contribution in [3.05, 3.63) is 88.1 Å². The summed E-state index contributed by atoms with van der Waals surface area (Å²) in [6.07, 6.45) is 2.72. The Balaban J connectivity index is 0.00000480. The summed E-state index contributed by atoms with van der Waals surface area (Å²) in [4.78, 5) is 65.6. The molecule has 5 amide bonds. The van der Waals surface area contributed by atoms with Crippen molar-refractivity contribution in [2.24, 2.45) is 0 Å². The van der Waals surface area contributed by atoms with E-state index >= 15 is 0 Å². The number of amides is 5. The molecule has 1 unspecified atom stereocenters. The summed E-state index contributed by atoms with van der Waals surface area (Å²) >= 11 is 4.09. The molecule has 0 spiro atoms. The van der Waals surface area contributed by atoms with Gasteiger partial charge in [0, 0.05) is 30.3 Å². The van der Waals surface area contributed by atoms with Gasteiger partial charge in [-0.15, -0.1) is 22.0 Å². The van der Waals surface area contributed by atoms with E-state index < -0.39 is 41.1 Å². The predicted octanol–water partition coefficient (Wildman–Crippen LogP) is -0.707. The Bertz CT molecular complexity index is 1720. The van der Waals surface area contributed by atoms with Crippen molar-refractivity contribution in [3.63, 3.8) is 0 Å². The average molecular weight is 687 g/mol. The minimum atomic E-state index is -1.45.